The normalized spacial score (nSPS) is 13.6. The number of amides is 2. The molecule has 2 heterocycles. The van der Waals surface area contributed by atoms with E-state index < -0.39 is 0 Å². The molecule has 1 aromatic heterocycles. The van der Waals surface area contributed by atoms with Gasteiger partial charge >= 0.3 is 0 Å². The zero-order valence-electron chi connectivity index (χ0n) is 23.0. The number of nitrogens with zero attached hydrogens (tertiary/aromatic N) is 3. The number of carbonyl (C=O) groups excluding carboxylic acids is 2. The lowest BCUT2D eigenvalue weighted by Gasteiger charge is -2.31. The van der Waals surface area contributed by atoms with Crippen LogP contribution in [0.3, 0.4) is 0 Å². The number of hydrogen-bond acceptors (Lipinski definition) is 7. The summed E-state index contributed by atoms with van der Waals surface area (Å²) in [6, 6.07) is 16.7. The smallest absolute Gasteiger partial charge is 0.255 e. The molecule has 0 radical (unpaired) electrons. The molecular formula is C30H36BrN3O6. The van der Waals surface area contributed by atoms with E-state index in [4.69, 9.17) is 18.6 Å². The Morgan fingerprint density at radius 1 is 0.950 bits per heavy atom. The predicted molar refractivity (Wildman–Crippen MR) is 155 cm³/mol. The highest BCUT2D eigenvalue weighted by Gasteiger charge is 2.25. The van der Waals surface area contributed by atoms with Gasteiger partial charge < -0.3 is 28.4 Å². The van der Waals surface area contributed by atoms with Crippen molar-refractivity contribution in [2.75, 3.05) is 66.7 Å². The molecule has 0 atom stereocenters. The maximum atomic E-state index is 13.8. The summed E-state index contributed by atoms with van der Waals surface area (Å²) >= 11 is 3.50. The van der Waals surface area contributed by atoms with Crippen molar-refractivity contribution < 1.29 is 28.2 Å². The van der Waals surface area contributed by atoms with Gasteiger partial charge in [-0.1, -0.05) is 18.2 Å². The van der Waals surface area contributed by atoms with Gasteiger partial charge in [0.25, 0.3) is 5.91 Å². The summed E-state index contributed by atoms with van der Waals surface area (Å²) in [5, 5.41) is 0. The molecule has 214 valence electrons. The van der Waals surface area contributed by atoms with Gasteiger partial charge in [0, 0.05) is 37.2 Å². The highest BCUT2D eigenvalue weighted by atomic mass is 79.9. The Morgan fingerprint density at radius 3 is 2.42 bits per heavy atom. The van der Waals surface area contributed by atoms with Crippen LogP contribution in [0.2, 0.25) is 0 Å². The van der Waals surface area contributed by atoms with E-state index in [1.807, 2.05) is 42.5 Å². The van der Waals surface area contributed by atoms with Crippen molar-refractivity contribution in [1.82, 2.24) is 14.7 Å². The number of halogens is 1. The number of carbonyl (C=O) groups is 2. The molecule has 9 nitrogen and oxygen atoms in total. The van der Waals surface area contributed by atoms with Crippen LogP contribution in [0.1, 0.15) is 21.7 Å². The summed E-state index contributed by atoms with van der Waals surface area (Å²) in [6.07, 6.45) is 2.19. The highest BCUT2D eigenvalue weighted by molar-refractivity contribution is 9.10. The van der Waals surface area contributed by atoms with Crippen LogP contribution < -0.4 is 9.47 Å². The molecule has 3 aromatic rings. The molecule has 0 N–H and O–H groups in total. The third-order valence-corrected chi connectivity index (χ3v) is 7.60. The molecule has 1 aliphatic heterocycles. The van der Waals surface area contributed by atoms with E-state index in [2.05, 4.69) is 20.8 Å². The Kier molecular flexibility index (Phi) is 11.0. The predicted octanol–water partition coefficient (Wildman–Crippen LogP) is 4.11. The zero-order valence-corrected chi connectivity index (χ0v) is 24.6. The van der Waals surface area contributed by atoms with Crippen LogP contribution in [0.4, 0.5) is 0 Å². The fourth-order valence-electron chi connectivity index (χ4n) is 4.59. The first kappa shape index (κ1) is 29.6. The third kappa shape index (κ3) is 8.09. The second kappa shape index (κ2) is 14.9. The summed E-state index contributed by atoms with van der Waals surface area (Å²) in [5.41, 5.74) is 1.53. The van der Waals surface area contributed by atoms with Crippen LogP contribution in [0.15, 0.2) is 69.8 Å². The number of methoxy groups -OCH3 is 2. The van der Waals surface area contributed by atoms with Gasteiger partial charge in [0.15, 0.2) is 11.5 Å². The van der Waals surface area contributed by atoms with Gasteiger partial charge in [0.05, 0.1) is 45.8 Å². The molecule has 0 spiro atoms. The van der Waals surface area contributed by atoms with E-state index in [0.29, 0.717) is 73.1 Å². The van der Waals surface area contributed by atoms with Crippen molar-refractivity contribution in [1.29, 1.82) is 0 Å². The van der Waals surface area contributed by atoms with Gasteiger partial charge in [-0.3, -0.25) is 14.5 Å². The monoisotopic (exact) mass is 613 g/mol. The molecule has 0 saturated carbocycles. The average Bonchev–Trinajstić information content (AvgIpc) is 3.50. The minimum atomic E-state index is -0.188. The lowest BCUT2D eigenvalue weighted by atomic mass is 10.1. The van der Waals surface area contributed by atoms with E-state index in [1.54, 1.807) is 42.4 Å². The number of benzene rings is 2. The maximum absolute atomic E-state index is 13.8. The van der Waals surface area contributed by atoms with Crippen molar-refractivity contribution in [2.45, 2.75) is 13.0 Å². The molecule has 0 aliphatic carbocycles. The zero-order chi connectivity index (χ0) is 28.3. The molecule has 2 amide bonds. The Labute approximate surface area is 243 Å². The topological polar surface area (TPSA) is 84.7 Å². The minimum absolute atomic E-state index is 0.0445. The van der Waals surface area contributed by atoms with Crippen molar-refractivity contribution in [3.63, 3.8) is 0 Å². The Bertz CT molecular complexity index is 1250. The molecule has 1 saturated heterocycles. The number of rotatable bonds is 13. The number of hydrogen-bond donors (Lipinski definition) is 0. The summed E-state index contributed by atoms with van der Waals surface area (Å²) in [7, 11) is 3.20. The Morgan fingerprint density at radius 2 is 1.73 bits per heavy atom. The SMILES string of the molecule is COc1ccc(CCN(Cc2ccco2)C(=O)CN(CCN2CCOCC2)C(=O)c2ccccc2Br)cc1OC. The van der Waals surface area contributed by atoms with E-state index in [9.17, 15) is 9.59 Å². The molecule has 0 unspecified atom stereocenters. The van der Waals surface area contributed by atoms with Gasteiger partial charge in [-0.15, -0.1) is 0 Å². The molecule has 40 heavy (non-hydrogen) atoms. The minimum Gasteiger partial charge on any atom is -0.493 e. The van der Waals surface area contributed by atoms with Gasteiger partial charge in [-0.2, -0.15) is 0 Å². The molecular weight excluding hydrogens is 578 g/mol. The van der Waals surface area contributed by atoms with Gasteiger partial charge in [0.1, 0.15) is 12.3 Å². The van der Waals surface area contributed by atoms with Crippen LogP contribution in [-0.2, 0) is 22.5 Å². The average molecular weight is 615 g/mol. The van der Waals surface area contributed by atoms with Gasteiger partial charge in [-0.25, -0.2) is 0 Å². The summed E-state index contributed by atoms with van der Waals surface area (Å²) in [6.45, 7) is 4.75. The van der Waals surface area contributed by atoms with Crippen LogP contribution in [-0.4, -0.2) is 93.2 Å². The fraction of sp³-hybridized carbons (Fsp3) is 0.400. The van der Waals surface area contributed by atoms with E-state index in [1.165, 1.54) is 0 Å². The number of ether oxygens (including phenoxy) is 3. The lowest BCUT2D eigenvalue weighted by Crippen LogP contribution is -2.47. The van der Waals surface area contributed by atoms with Crippen molar-refractivity contribution in [3.05, 3.63) is 82.2 Å². The molecule has 1 fully saturated rings. The number of morpholine rings is 1. The molecule has 1 aliphatic rings. The second-order valence-corrected chi connectivity index (χ2v) is 10.3. The van der Waals surface area contributed by atoms with Crippen LogP contribution in [0, 0.1) is 0 Å². The standard InChI is InChI=1S/C30H36BrN3O6/c1-37-27-10-9-23(20-28(27)38-2)11-12-33(21-24-6-5-17-40-24)29(35)22-34(14-13-32-15-18-39-19-16-32)30(36)25-7-3-4-8-26(25)31/h3-10,17,20H,11-16,18-19,21-22H2,1-2H3. The van der Waals surface area contributed by atoms with Crippen LogP contribution >= 0.6 is 15.9 Å². The fourth-order valence-corrected chi connectivity index (χ4v) is 5.04. The first-order valence-electron chi connectivity index (χ1n) is 13.3. The van der Waals surface area contributed by atoms with E-state index in [0.717, 1.165) is 18.7 Å². The summed E-state index contributed by atoms with van der Waals surface area (Å²) < 4.78 is 22.5. The molecule has 4 rings (SSSR count). The Hall–Kier alpha value is -3.34. The lowest BCUT2D eigenvalue weighted by molar-refractivity contribution is -0.132. The maximum Gasteiger partial charge on any atom is 0.255 e. The van der Waals surface area contributed by atoms with Crippen LogP contribution in [0.25, 0.3) is 0 Å². The number of furan rings is 1. The highest BCUT2D eigenvalue weighted by Crippen LogP contribution is 2.28. The summed E-state index contributed by atoms with van der Waals surface area (Å²) in [5.74, 6) is 1.62. The van der Waals surface area contributed by atoms with Gasteiger partial charge in [-0.05, 0) is 64.3 Å². The second-order valence-electron chi connectivity index (χ2n) is 9.49. The van der Waals surface area contributed by atoms with E-state index in [-0.39, 0.29) is 18.4 Å². The van der Waals surface area contributed by atoms with Crippen LogP contribution in [0.5, 0.6) is 11.5 Å². The first-order chi connectivity index (χ1) is 19.5. The van der Waals surface area contributed by atoms with Crippen molar-refractivity contribution in [3.8, 4) is 11.5 Å². The first-order valence-corrected chi connectivity index (χ1v) is 14.1. The van der Waals surface area contributed by atoms with Gasteiger partial charge in [0.2, 0.25) is 5.91 Å². The summed E-state index contributed by atoms with van der Waals surface area (Å²) in [4.78, 5) is 33.1. The van der Waals surface area contributed by atoms with Crippen molar-refractivity contribution >= 4 is 27.7 Å². The molecule has 2 aromatic carbocycles. The van der Waals surface area contributed by atoms with Crippen molar-refractivity contribution in [2.24, 2.45) is 0 Å². The molecule has 10 heteroatoms. The molecule has 0 bridgehead atoms. The third-order valence-electron chi connectivity index (χ3n) is 6.91. The quantitative estimate of drug-likeness (QED) is 0.287. The largest absolute Gasteiger partial charge is 0.493 e. The Balaban J connectivity index is 1.51. The van der Waals surface area contributed by atoms with E-state index >= 15 is 0 Å².